The maximum Gasteiger partial charge on any atom is 0.315 e. The third-order valence-corrected chi connectivity index (χ3v) is 4.67. The Kier molecular flexibility index (Phi) is 4.53. The molecule has 2 rings (SSSR count). The molecule has 1 fully saturated rings. The van der Waals surface area contributed by atoms with Gasteiger partial charge in [0.1, 0.15) is 0 Å². The second-order valence-corrected chi connectivity index (χ2v) is 7.14. The zero-order valence-electron chi connectivity index (χ0n) is 12.2. The molecule has 6 nitrogen and oxygen atoms in total. The molecule has 116 valence electrons. The van der Waals surface area contributed by atoms with Gasteiger partial charge in [0, 0.05) is 6.04 Å². The van der Waals surface area contributed by atoms with Gasteiger partial charge in [0.25, 0.3) is 0 Å². The number of primary sulfonamides is 1. The van der Waals surface area contributed by atoms with E-state index in [9.17, 15) is 13.2 Å². The fourth-order valence-corrected chi connectivity index (χ4v) is 2.70. The standard InChI is InChI=1S/C14H21N3O3S/c1-9(11-3-4-11)16-14(18)17-10(2)12-5-7-13(8-6-12)21(15,19)20/h5-11H,3-4H2,1-2H3,(H2,15,19,20)(H2,16,17,18)/t9-,10+/m1/s1. The molecule has 4 N–H and O–H groups in total. The minimum absolute atomic E-state index is 0.0604. The van der Waals surface area contributed by atoms with Gasteiger partial charge in [-0.15, -0.1) is 0 Å². The van der Waals surface area contributed by atoms with Crippen molar-refractivity contribution in [2.75, 3.05) is 0 Å². The zero-order valence-corrected chi connectivity index (χ0v) is 13.0. The molecule has 1 saturated carbocycles. The van der Waals surface area contributed by atoms with Crippen LogP contribution >= 0.6 is 0 Å². The third-order valence-electron chi connectivity index (χ3n) is 3.74. The molecule has 0 radical (unpaired) electrons. The van der Waals surface area contributed by atoms with Crippen LogP contribution in [0.5, 0.6) is 0 Å². The van der Waals surface area contributed by atoms with E-state index in [-0.39, 0.29) is 23.0 Å². The highest BCUT2D eigenvalue weighted by atomic mass is 32.2. The van der Waals surface area contributed by atoms with Crippen LogP contribution in [0.3, 0.4) is 0 Å². The molecule has 21 heavy (non-hydrogen) atoms. The summed E-state index contributed by atoms with van der Waals surface area (Å²) in [6.07, 6.45) is 2.35. The highest BCUT2D eigenvalue weighted by molar-refractivity contribution is 7.89. The lowest BCUT2D eigenvalue weighted by molar-refractivity contribution is 0.233. The number of amides is 2. The van der Waals surface area contributed by atoms with Crippen LogP contribution in [0.25, 0.3) is 0 Å². The first-order valence-corrected chi connectivity index (χ1v) is 8.52. The van der Waals surface area contributed by atoms with Crippen LogP contribution in [-0.4, -0.2) is 20.5 Å². The highest BCUT2D eigenvalue weighted by Crippen LogP contribution is 2.32. The van der Waals surface area contributed by atoms with E-state index in [4.69, 9.17) is 5.14 Å². The Morgan fingerprint density at radius 2 is 1.76 bits per heavy atom. The normalized spacial score (nSPS) is 17.9. The van der Waals surface area contributed by atoms with Crippen LogP contribution in [0.2, 0.25) is 0 Å². The lowest BCUT2D eigenvalue weighted by Gasteiger charge is -2.18. The summed E-state index contributed by atoms with van der Waals surface area (Å²) >= 11 is 0. The number of nitrogens with one attached hydrogen (secondary N) is 2. The van der Waals surface area contributed by atoms with E-state index in [0.717, 1.165) is 5.56 Å². The van der Waals surface area contributed by atoms with Crippen molar-refractivity contribution >= 4 is 16.1 Å². The van der Waals surface area contributed by atoms with Gasteiger partial charge in [0.2, 0.25) is 10.0 Å². The summed E-state index contributed by atoms with van der Waals surface area (Å²) in [6, 6.07) is 5.93. The molecule has 1 aliphatic carbocycles. The molecule has 2 atom stereocenters. The molecule has 1 aromatic rings. The Hall–Kier alpha value is -1.60. The Balaban J connectivity index is 1.93. The maximum atomic E-state index is 11.9. The summed E-state index contributed by atoms with van der Waals surface area (Å²) in [4.78, 5) is 11.9. The van der Waals surface area contributed by atoms with Gasteiger partial charge in [-0.2, -0.15) is 0 Å². The average molecular weight is 311 g/mol. The van der Waals surface area contributed by atoms with Gasteiger partial charge in [0.05, 0.1) is 10.9 Å². The number of nitrogens with two attached hydrogens (primary N) is 1. The fourth-order valence-electron chi connectivity index (χ4n) is 2.19. The first-order valence-electron chi connectivity index (χ1n) is 6.97. The third kappa shape index (κ3) is 4.44. The van der Waals surface area contributed by atoms with Crippen molar-refractivity contribution in [2.24, 2.45) is 11.1 Å². The SMILES string of the molecule is C[C@H](NC(=O)N[C@H](C)C1CC1)c1ccc(S(N)(=O)=O)cc1. The van der Waals surface area contributed by atoms with E-state index in [1.165, 1.54) is 25.0 Å². The summed E-state index contributed by atoms with van der Waals surface area (Å²) in [7, 11) is -3.69. The molecular weight excluding hydrogens is 290 g/mol. The molecule has 1 aromatic carbocycles. The minimum atomic E-state index is -3.69. The van der Waals surface area contributed by atoms with Crippen molar-refractivity contribution < 1.29 is 13.2 Å². The summed E-state index contributed by atoms with van der Waals surface area (Å²) in [5.41, 5.74) is 0.816. The number of urea groups is 1. The molecule has 0 spiro atoms. The second-order valence-electron chi connectivity index (χ2n) is 5.58. The smallest absolute Gasteiger partial charge is 0.315 e. The first-order chi connectivity index (χ1) is 9.77. The molecule has 0 aliphatic heterocycles. The maximum absolute atomic E-state index is 11.9. The van der Waals surface area contributed by atoms with E-state index in [1.54, 1.807) is 12.1 Å². The number of benzene rings is 1. The van der Waals surface area contributed by atoms with Crippen LogP contribution in [-0.2, 0) is 10.0 Å². The van der Waals surface area contributed by atoms with Gasteiger partial charge in [-0.25, -0.2) is 18.4 Å². The topological polar surface area (TPSA) is 101 Å². The minimum Gasteiger partial charge on any atom is -0.335 e. The Bertz CT molecular complexity index is 609. The van der Waals surface area contributed by atoms with Crippen LogP contribution in [0.1, 0.15) is 38.3 Å². The van der Waals surface area contributed by atoms with Gasteiger partial charge in [-0.3, -0.25) is 0 Å². The fraction of sp³-hybridized carbons (Fsp3) is 0.500. The monoisotopic (exact) mass is 311 g/mol. The predicted molar refractivity (Wildman–Crippen MR) is 80.1 cm³/mol. The number of hydrogen-bond acceptors (Lipinski definition) is 3. The van der Waals surface area contributed by atoms with Crippen LogP contribution in [0.4, 0.5) is 4.79 Å². The molecular formula is C14H21N3O3S. The van der Waals surface area contributed by atoms with Crippen molar-refractivity contribution in [3.05, 3.63) is 29.8 Å². The number of hydrogen-bond donors (Lipinski definition) is 3. The van der Waals surface area contributed by atoms with Gasteiger partial charge < -0.3 is 10.6 Å². The van der Waals surface area contributed by atoms with Gasteiger partial charge in [-0.1, -0.05) is 12.1 Å². The van der Waals surface area contributed by atoms with Crippen molar-refractivity contribution in [3.8, 4) is 0 Å². The number of carbonyl (C=O) groups is 1. The summed E-state index contributed by atoms with van der Waals surface area (Å²) in [5.74, 6) is 0.597. The van der Waals surface area contributed by atoms with Crippen molar-refractivity contribution in [1.82, 2.24) is 10.6 Å². The molecule has 0 heterocycles. The number of carbonyl (C=O) groups excluding carboxylic acids is 1. The average Bonchev–Trinajstić information content (AvgIpc) is 3.21. The second kappa shape index (κ2) is 6.03. The lowest BCUT2D eigenvalue weighted by atomic mass is 10.1. The van der Waals surface area contributed by atoms with E-state index in [0.29, 0.717) is 5.92 Å². The van der Waals surface area contributed by atoms with Crippen LogP contribution in [0.15, 0.2) is 29.2 Å². The largest absolute Gasteiger partial charge is 0.335 e. The molecule has 0 saturated heterocycles. The summed E-state index contributed by atoms with van der Waals surface area (Å²) in [6.45, 7) is 3.84. The van der Waals surface area contributed by atoms with Gasteiger partial charge in [0.15, 0.2) is 0 Å². The molecule has 7 heteroatoms. The van der Waals surface area contributed by atoms with Gasteiger partial charge in [-0.05, 0) is 50.3 Å². The van der Waals surface area contributed by atoms with Crippen LogP contribution in [0, 0.1) is 5.92 Å². The number of sulfonamides is 1. The molecule has 0 aromatic heterocycles. The Morgan fingerprint density at radius 3 is 2.24 bits per heavy atom. The van der Waals surface area contributed by atoms with E-state index in [1.807, 2.05) is 13.8 Å². The van der Waals surface area contributed by atoms with E-state index in [2.05, 4.69) is 10.6 Å². The quantitative estimate of drug-likeness (QED) is 0.768. The predicted octanol–water partition coefficient (Wildman–Crippen LogP) is 1.49. The Morgan fingerprint density at radius 1 is 1.19 bits per heavy atom. The highest BCUT2D eigenvalue weighted by Gasteiger charge is 2.29. The van der Waals surface area contributed by atoms with E-state index >= 15 is 0 Å². The number of rotatable bonds is 5. The molecule has 2 amide bonds. The van der Waals surface area contributed by atoms with Crippen molar-refractivity contribution in [2.45, 2.75) is 43.7 Å². The van der Waals surface area contributed by atoms with Crippen LogP contribution < -0.4 is 15.8 Å². The molecule has 0 unspecified atom stereocenters. The lowest BCUT2D eigenvalue weighted by Crippen LogP contribution is -2.42. The zero-order chi connectivity index (χ0) is 15.6. The van der Waals surface area contributed by atoms with E-state index < -0.39 is 10.0 Å². The van der Waals surface area contributed by atoms with Gasteiger partial charge >= 0.3 is 6.03 Å². The summed E-state index contributed by atoms with van der Waals surface area (Å²) < 4.78 is 22.4. The first kappa shape index (κ1) is 15.8. The van der Waals surface area contributed by atoms with Crippen molar-refractivity contribution in [1.29, 1.82) is 0 Å². The summed E-state index contributed by atoms with van der Waals surface area (Å²) in [5, 5.41) is 10.8. The molecule has 0 bridgehead atoms. The Labute approximate surface area is 125 Å². The molecule has 1 aliphatic rings. The van der Waals surface area contributed by atoms with Crippen molar-refractivity contribution in [3.63, 3.8) is 0 Å².